The molecule has 1 aromatic carbocycles. The highest BCUT2D eigenvalue weighted by molar-refractivity contribution is 7.89. The van der Waals surface area contributed by atoms with E-state index >= 15 is 0 Å². The van der Waals surface area contributed by atoms with Gasteiger partial charge in [-0.2, -0.15) is 0 Å². The van der Waals surface area contributed by atoms with Crippen molar-refractivity contribution in [3.63, 3.8) is 0 Å². The maximum atomic E-state index is 12.6. The summed E-state index contributed by atoms with van der Waals surface area (Å²) in [7, 11) is -3.40. The van der Waals surface area contributed by atoms with Gasteiger partial charge in [-0.3, -0.25) is 0 Å². The third-order valence-corrected chi connectivity index (χ3v) is 6.42. The number of hydrogen-bond acceptors (Lipinski definition) is 3. The van der Waals surface area contributed by atoms with Crippen molar-refractivity contribution in [2.45, 2.75) is 43.9 Å². The standard InChI is InChI=1S/C16H24N2O2S/c1-12-5-2-6-13(12)11-18-21(19,20)16-9-3-8-15-14(16)7-4-10-17-15/h3,8-9,12-13,17-18H,2,4-7,10-11H2,1H3. The number of sulfonamides is 1. The van der Waals surface area contributed by atoms with Crippen LogP contribution in [-0.4, -0.2) is 21.5 Å². The van der Waals surface area contributed by atoms with Crippen molar-refractivity contribution in [2.75, 3.05) is 18.4 Å². The molecule has 2 atom stereocenters. The Morgan fingerprint density at radius 1 is 1.29 bits per heavy atom. The molecule has 116 valence electrons. The molecule has 1 fully saturated rings. The molecule has 2 N–H and O–H groups in total. The van der Waals surface area contributed by atoms with Crippen molar-refractivity contribution in [1.82, 2.24) is 4.72 Å². The molecule has 0 radical (unpaired) electrons. The van der Waals surface area contributed by atoms with Crippen LogP contribution in [0.4, 0.5) is 5.69 Å². The maximum absolute atomic E-state index is 12.6. The predicted molar refractivity (Wildman–Crippen MR) is 84.9 cm³/mol. The summed E-state index contributed by atoms with van der Waals surface area (Å²) in [6.45, 7) is 3.71. The Bertz CT molecular complexity index is 613. The molecule has 0 spiro atoms. The summed E-state index contributed by atoms with van der Waals surface area (Å²) in [5.74, 6) is 1.11. The van der Waals surface area contributed by atoms with Gasteiger partial charge in [0, 0.05) is 18.8 Å². The monoisotopic (exact) mass is 308 g/mol. The van der Waals surface area contributed by atoms with Gasteiger partial charge in [0.1, 0.15) is 0 Å². The first kappa shape index (κ1) is 14.9. The van der Waals surface area contributed by atoms with Gasteiger partial charge in [0.2, 0.25) is 10.0 Å². The molecular weight excluding hydrogens is 284 g/mol. The van der Waals surface area contributed by atoms with E-state index in [9.17, 15) is 8.42 Å². The zero-order valence-electron chi connectivity index (χ0n) is 12.6. The second-order valence-corrected chi connectivity index (χ2v) is 8.07. The molecule has 1 aromatic rings. The zero-order valence-corrected chi connectivity index (χ0v) is 13.4. The van der Waals surface area contributed by atoms with Crippen molar-refractivity contribution in [2.24, 2.45) is 11.8 Å². The molecule has 1 heterocycles. The van der Waals surface area contributed by atoms with E-state index in [1.807, 2.05) is 12.1 Å². The summed E-state index contributed by atoms with van der Waals surface area (Å²) in [6.07, 6.45) is 5.39. The van der Waals surface area contributed by atoms with Crippen LogP contribution in [0.1, 0.15) is 38.2 Å². The molecule has 2 aliphatic rings. The summed E-state index contributed by atoms with van der Waals surface area (Å²) >= 11 is 0. The fraction of sp³-hybridized carbons (Fsp3) is 0.625. The summed E-state index contributed by atoms with van der Waals surface area (Å²) in [4.78, 5) is 0.456. The molecule has 5 heteroatoms. The van der Waals surface area contributed by atoms with Crippen molar-refractivity contribution in [1.29, 1.82) is 0 Å². The van der Waals surface area contributed by atoms with Gasteiger partial charge < -0.3 is 5.32 Å². The molecule has 1 saturated carbocycles. The van der Waals surface area contributed by atoms with Crippen LogP contribution in [-0.2, 0) is 16.4 Å². The SMILES string of the molecule is CC1CCCC1CNS(=O)(=O)c1cccc2c1CCCN2. The van der Waals surface area contributed by atoms with Gasteiger partial charge >= 0.3 is 0 Å². The van der Waals surface area contributed by atoms with Crippen LogP contribution in [0.15, 0.2) is 23.1 Å². The van der Waals surface area contributed by atoms with Gasteiger partial charge in [-0.1, -0.05) is 25.8 Å². The van der Waals surface area contributed by atoms with Crippen LogP contribution < -0.4 is 10.0 Å². The lowest BCUT2D eigenvalue weighted by molar-refractivity contribution is 0.414. The van der Waals surface area contributed by atoms with E-state index in [2.05, 4.69) is 17.0 Å². The minimum absolute atomic E-state index is 0.456. The molecule has 2 unspecified atom stereocenters. The summed E-state index contributed by atoms with van der Waals surface area (Å²) in [6, 6.07) is 5.52. The van der Waals surface area contributed by atoms with Crippen LogP contribution in [0.3, 0.4) is 0 Å². The van der Waals surface area contributed by atoms with Gasteiger partial charge in [0.25, 0.3) is 0 Å². The Kier molecular flexibility index (Phi) is 4.22. The van der Waals surface area contributed by atoms with Gasteiger partial charge in [0.05, 0.1) is 4.90 Å². The fourth-order valence-corrected chi connectivity index (χ4v) is 4.93. The van der Waals surface area contributed by atoms with Gasteiger partial charge in [-0.05, 0) is 48.8 Å². The van der Waals surface area contributed by atoms with Crippen LogP contribution in [0, 0.1) is 11.8 Å². The maximum Gasteiger partial charge on any atom is 0.240 e. The number of nitrogens with one attached hydrogen (secondary N) is 2. The smallest absolute Gasteiger partial charge is 0.240 e. The molecule has 0 bridgehead atoms. The number of fused-ring (bicyclic) bond motifs is 1. The fourth-order valence-electron chi connectivity index (χ4n) is 3.55. The molecule has 21 heavy (non-hydrogen) atoms. The second-order valence-electron chi connectivity index (χ2n) is 6.33. The lowest BCUT2D eigenvalue weighted by Gasteiger charge is -2.22. The third kappa shape index (κ3) is 3.09. The Labute approximate surface area is 127 Å². The van der Waals surface area contributed by atoms with E-state index in [0.717, 1.165) is 37.1 Å². The number of hydrogen-bond donors (Lipinski definition) is 2. The van der Waals surface area contributed by atoms with Crippen LogP contribution in [0.5, 0.6) is 0 Å². The molecule has 0 amide bonds. The van der Waals surface area contributed by atoms with Crippen LogP contribution >= 0.6 is 0 Å². The largest absolute Gasteiger partial charge is 0.385 e. The normalized spacial score (nSPS) is 25.4. The molecule has 0 saturated heterocycles. The Hall–Kier alpha value is -1.07. The number of anilines is 1. The van der Waals surface area contributed by atoms with E-state index in [0.29, 0.717) is 23.3 Å². The first-order chi connectivity index (χ1) is 10.1. The highest BCUT2D eigenvalue weighted by atomic mass is 32.2. The predicted octanol–water partition coefficient (Wildman–Crippen LogP) is 2.76. The number of benzene rings is 1. The van der Waals surface area contributed by atoms with Gasteiger partial charge in [-0.15, -0.1) is 0 Å². The van der Waals surface area contributed by atoms with E-state index in [4.69, 9.17) is 0 Å². The van der Waals surface area contributed by atoms with Crippen molar-refractivity contribution >= 4 is 15.7 Å². The topological polar surface area (TPSA) is 58.2 Å². The highest BCUT2D eigenvalue weighted by Crippen LogP contribution is 2.32. The molecule has 1 aliphatic carbocycles. The minimum Gasteiger partial charge on any atom is -0.385 e. The Balaban J connectivity index is 1.78. The average Bonchev–Trinajstić information content (AvgIpc) is 2.90. The lowest BCUT2D eigenvalue weighted by atomic mass is 9.99. The molecular formula is C16H24N2O2S. The lowest BCUT2D eigenvalue weighted by Crippen LogP contribution is -2.31. The van der Waals surface area contributed by atoms with Crippen LogP contribution in [0.25, 0.3) is 0 Å². The quantitative estimate of drug-likeness (QED) is 0.899. The third-order valence-electron chi connectivity index (χ3n) is 4.92. The number of rotatable bonds is 4. The van der Waals surface area contributed by atoms with E-state index < -0.39 is 10.0 Å². The first-order valence-corrected chi connectivity index (χ1v) is 9.41. The van der Waals surface area contributed by atoms with Crippen molar-refractivity contribution < 1.29 is 8.42 Å². The zero-order chi connectivity index (χ0) is 14.9. The summed E-state index contributed by atoms with van der Waals surface area (Å²) < 4.78 is 28.1. The van der Waals surface area contributed by atoms with Gasteiger partial charge in [-0.25, -0.2) is 13.1 Å². The first-order valence-electron chi connectivity index (χ1n) is 7.93. The van der Waals surface area contributed by atoms with Gasteiger partial charge in [0.15, 0.2) is 0 Å². The Morgan fingerprint density at radius 2 is 2.14 bits per heavy atom. The van der Waals surface area contributed by atoms with Crippen molar-refractivity contribution in [3.05, 3.63) is 23.8 Å². The van der Waals surface area contributed by atoms with E-state index in [1.165, 1.54) is 12.8 Å². The molecule has 4 nitrogen and oxygen atoms in total. The minimum atomic E-state index is -3.40. The summed E-state index contributed by atoms with van der Waals surface area (Å²) in [5, 5.41) is 3.29. The highest BCUT2D eigenvalue weighted by Gasteiger charge is 2.27. The summed E-state index contributed by atoms with van der Waals surface area (Å²) in [5.41, 5.74) is 1.91. The molecule has 0 aromatic heterocycles. The Morgan fingerprint density at radius 3 is 2.90 bits per heavy atom. The van der Waals surface area contributed by atoms with E-state index in [-0.39, 0.29) is 0 Å². The molecule has 1 aliphatic heterocycles. The second kappa shape index (κ2) is 5.97. The van der Waals surface area contributed by atoms with Crippen molar-refractivity contribution in [3.8, 4) is 0 Å². The van der Waals surface area contributed by atoms with Crippen LogP contribution in [0.2, 0.25) is 0 Å². The average molecular weight is 308 g/mol. The van der Waals surface area contributed by atoms with E-state index in [1.54, 1.807) is 6.07 Å². The molecule has 3 rings (SSSR count).